The molecule has 5 nitrogen and oxygen atoms in total. The Morgan fingerprint density at radius 1 is 1.00 bits per heavy atom. The molecule has 0 saturated heterocycles. The van der Waals surface area contributed by atoms with E-state index in [1.165, 1.54) is 0 Å². The Balaban J connectivity index is 2.14. The van der Waals surface area contributed by atoms with Crippen LogP contribution in [0.4, 0.5) is 5.69 Å². The normalized spacial score (nSPS) is 12.9. The predicted molar refractivity (Wildman–Crippen MR) is 95.2 cm³/mol. The van der Waals surface area contributed by atoms with Crippen molar-refractivity contribution in [2.45, 2.75) is 19.4 Å². The molecule has 24 heavy (non-hydrogen) atoms. The molecule has 0 aromatic heterocycles. The molecule has 0 bridgehead atoms. The highest BCUT2D eigenvalue weighted by Gasteiger charge is 2.23. The second-order valence-electron chi connectivity index (χ2n) is 5.81. The van der Waals surface area contributed by atoms with E-state index in [4.69, 9.17) is 5.73 Å². The van der Waals surface area contributed by atoms with Crippen LogP contribution in [0.5, 0.6) is 0 Å². The summed E-state index contributed by atoms with van der Waals surface area (Å²) in [6.07, 6.45) is 0.290. The third-order valence-corrected chi connectivity index (χ3v) is 3.68. The summed E-state index contributed by atoms with van der Waals surface area (Å²) < 4.78 is 0. The average Bonchev–Trinajstić information content (AvgIpc) is 2.61. The van der Waals surface area contributed by atoms with Crippen molar-refractivity contribution in [1.29, 1.82) is 0 Å². The van der Waals surface area contributed by atoms with Crippen LogP contribution in [-0.2, 0) is 9.59 Å². The molecule has 0 aliphatic rings. The summed E-state index contributed by atoms with van der Waals surface area (Å²) in [5.74, 6) is -0.398. The Morgan fingerprint density at radius 3 is 2.17 bits per heavy atom. The minimum Gasteiger partial charge on any atom is -0.341 e. The molecule has 0 aliphatic heterocycles. The van der Waals surface area contributed by atoms with Gasteiger partial charge in [-0.15, -0.1) is 0 Å². The minimum absolute atomic E-state index is 0.0682. The van der Waals surface area contributed by atoms with Crippen LogP contribution in [-0.4, -0.2) is 18.4 Å². The van der Waals surface area contributed by atoms with Gasteiger partial charge in [-0.05, 0) is 30.2 Å². The van der Waals surface area contributed by atoms with Crippen LogP contribution in [0.3, 0.4) is 0 Å². The zero-order valence-corrected chi connectivity index (χ0v) is 13.7. The number of nitrogens with one attached hydrogen (secondary N) is 2. The molecule has 2 atom stereocenters. The fraction of sp³-hybridized carbons (Fsp3) is 0.263. The summed E-state index contributed by atoms with van der Waals surface area (Å²) in [6.45, 7) is 2.33. The Labute approximate surface area is 142 Å². The summed E-state index contributed by atoms with van der Waals surface area (Å²) >= 11 is 0. The highest BCUT2D eigenvalue weighted by atomic mass is 16.2. The van der Waals surface area contributed by atoms with Crippen molar-refractivity contribution in [2.24, 2.45) is 11.7 Å². The van der Waals surface area contributed by atoms with Crippen LogP contribution in [0.1, 0.15) is 24.9 Å². The lowest BCUT2D eigenvalue weighted by Gasteiger charge is -2.20. The maximum Gasteiger partial charge on any atom is 0.251 e. The van der Waals surface area contributed by atoms with E-state index in [2.05, 4.69) is 10.6 Å². The second-order valence-corrected chi connectivity index (χ2v) is 5.81. The first-order valence-electron chi connectivity index (χ1n) is 8.00. The van der Waals surface area contributed by atoms with Gasteiger partial charge in [0.1, 0.15) is 6.04 Å². The van der Waals surface area contributed by atoms with E-state index < -0.39 is 6.04 Å². The second kappa shape index (κ2) is 8.84. The number of rotatable bonds is 7. The third-order valence-electron chi connectivity index (χ3n) is 3.68. The van der Waals surface area contributed by atoms with E-state index in [1.807, 2.05) is 55.5 Å². The number of benzene rings is 2. The van der Waals surface area contributed by atoms with Crippen molar-refractivity contribution in [3.63, 3.8) is 0 Å². The minimum atomic E-state index is -0.746. The highest BCUT2D eigenvalue weighted by molar-refractivity contribution is 5.97. The molecule has 4 N–H and O–H groups in total. The van der Waals surface area contributed by atoms with E-state index in [0.717, 1.165) is 5.56 Å². The molecule has 0 aliphatic carbocycles. The van der Waals surface area contributed by atoms with Gasteiger partial charge in [-0.2, -0.15) is 0 Å². The molecule has 2 aromatic rings. The first kappa shape index (κ1) is 17.7. The molecule has 5 heteroatoms. The lowest BCUT2D eigenvalue weighted by Crippen LogP contribution is -2.38. The molecule has 2 amide bonds. The maximum atomic E-state index is 12.7. The van der Waals surface area contributed by atoms with Crippen LogP contribution in [0.25, 0.3) is 0 Å². The van der Waals surface area contributed by atoms with E-state index >= 15 is 0 Å². The summed E-state index contributed by atoms with van der Waals surface area (Å²) in [5.41, 5.74) is 6.99. The monoisotopic (exact) mass is 325 g/mol. The molecule has 0 spiro atoms. The summed E-state index contributed by atoms with van der Waals surface area (Å²) in [6, 6.07) is 17.6. The highest BCUT2D eigenvalue weighted by Crippen LogP contribution is 2.16. The Hall–Kier alpha value is -2.66. The van der Waals surface area contributed by atoms with Crippen LogP contribution in [0.15, 0.2) is 60.7 Å². The van der Waals surface area contributed by atoms with E-state index in [0.29, 0.717) is 18.7 Å². The SMILES string of the molecule is C[C@@H](CN)CC(=O)N[C@@H](C(=O)Nc1ccccc1)c1ccccc1. The third kappa shape index (κ3) is 5.21. The smallest absolute Gasteiger partial charge is 0.251 e. The van der Waals surface area contributed by atoms with Gasteiger partial charge in [0.05, 0.1) is 0 Å². The topological polar surface area (TPSA) is 84.2 Å². The van der Waals surface area contributed by atoms with E-state index in [-0.39, 0.29) is 17.7 Å². The van der Waals surface area contributed by atoms with Gasteiger partial charge < -0.3 is 16.4 Å². The number of para-hydroxylation sites is 1. The number of hydrogen-bond donors (Lipinski definition) is 3. The summed E-state index contributed by atoms with van der Waals surface area (Å²) in [5, 5.41) is 5.65. The van der Waals surface area contributed by atoms with E-state index in [9.17, 15) is 9.59 Å². The molecule has 2 rings (SSSR count). The Morgan fingerprint density at radius 2 is 1.58 bits per heavy atom. The van der Waals surface area contributed by atoms with Crippen LogP contribution < -0.4 is 16.4 Å². The summed E-state index contributed by atoms with van der Waals surface area (Å²) in [7, 11) is 0. The maximum absolute atomic E-state index is 12.7. The van der Waals surface area contributed by atoms with Gasteiger partial charge >= 0.3 is 0 Å². The van der Waals surface area contributed by atoms with Crippen molar-refractivity contribution >= 4 is 17.5 Å². The van der Waals surface area contributed by atoms with Crippen LogP contribution in [0.2, 0.25) is 0 Å². The predicted octanol–water partition coefficient (Wildman–Crippen LogP) is 2.47. The molecular formula is C19H23N3O2. The number of anilines is 1. The number of carbonyl (C=O) groups excluding carboxylic acids is 2. The van der Waals surface area contributed by atoms with Gasteiger partial charge in [-0.1, -0.05) is 55.5 Å². The average molecular weight is 325 g/mol. The van der Waals surface area contributed by atoms with Gasteiger partial charge in [-0.3, -0.25) is 9.59 Å². The zero-order chi connectivity index (χ0) is 17.4. The Kier molecular flexibility index (Phi) is 6.51. The van der Waals surface area contributed by atoms with Gasteiger partial charge in [-0.25, -0.2) is 0 Å². The molecular weight excluding hydrogens is 302 g/mol. The van der Waals surface area contributed by atoms with Gasteiger partial charge in [0.2, 0.25) is 5.91 Å². The molecule has 2 aromatic carbocycles. The van der Waals surface area contributed by atoms with Gasteiger partial charge in [0, 0.05) is 12.1 Å². The quantitative estimate of drug-likeness (QED) is 0.731. The van der Waals surface area contributed by atoms with E-state index in [1.54, 1.807) is 12.1 Å². The van der Waals surface area contributed by atoms with Crippen molar-refractivity contribution in [3.05, 3.63) is 66.2 Å². The van der Waals surface area contributed by atoms with Crippen molar-refractivity contribution < 1.29 is 9.59 Å². The van der Waals surface area contributed by atoms with Crippen molar-refractivity contribution in [3.8, 4) is 0 Å². The van der Waals surface area contributed by atoms with Crippen LogP contribution in [0, 0.1) is 5.92 Å². The molecule has 0 radical (unpaired) electrons. The molecule has 0 saturated carbocycles. The van der Waals surface area contributed by atoms with Gasteiger partial charge in [0.15, 0.2) is 0 Å². The lowest BCUT2D eigenvalue weighted by atomic mass is 10.0. The number of hydrogen-bond acceptors (Lipinski definition) is 3. The largest absolute Gasteiger partial charge is 0.341 e. The fourth-order valence-electron chi connectivity index (χ4n) is 2.30. The lowest BCUT2D eigenvalue weighted by molar-refractivity contribution is -0.127. The number of carbonyl (C=O) groups is 2. The fourth-order valence-corrected chi connectivity index (χ4v) is 2.30. The molecule has 0 unspecified atom stereocenters. The number of amides is 2. The molecule has 0 heterocycles. The number of nitrogens with two attached hydrogens (primary N) is 1. The summed E-state index contributed by atoms with van der Waals surface area (Å²) in [4.78, 5) is 24.9. The standard InChI is InChI=1S/C19H23N3O2/c1-14(13-20)12-17(23)22-18(15-8-4-2-5-9-15)19(24)21-16-10-6-3-7-11-16/h2-11,14,18H,12-13,20H2,1H3,(H,21,24)(H,22,23)/t14-,18-/m1/s1. The molecule has 126 valence electrons. The van der Waals surface area contributed by atoms with Gasteiger partial charge in [0.25, 0.3) is 5.91 Å². The zero-order valence-electron chi connectivity index (χ0n) is 13.7. The molecule has 0 fully saturated rings. The Bertz CT molecular complexity index is 659. The van der Waals surface area contributed by atoms with Crippen LogP contribution >= 0.6 is 0 Å². The first-order chi connectivity index (χ1) is 11.6. The first-order valence-corrected chi connectivity index (χ1v) is 8.00. The van der Waals surface area contributed by atoms with Crippen molar-refractivity contribution in [2.75, 3.05) is 11.9 Å². The van der Waals surface area contributed by atoms with Crippen molar-refractivity contribution in [1.82, 2.24) is 5.32 Å².